The number of thiophene rings is 2. The van der Waals surface area contributed by atoms with E-state index in [4.69, 9.17) is 0 Å². The molecule has 0 aliphatic heterocycles. The van der Waals surface area contributed by atoms with Gasteiger partial charge in [-0.1, -0.05) is 121 Å². The monoisotopic (exact) mass is 659 g/mol. The molecule has 49 heavy (non-hydrogen) atoms. The summed E-state index contributed by atoms with van der Waals surface area (Å²) < 4.78 is 5.22. The fraction of sp³-hybridized carbons (Fsp3) is 0. The summed E-state index contributed by atoms with van der Waals surface area (Å²) in [5.74, 6) is 0. The van der Waals surface area contributed by atoms with Crippen LogP contribution in [-0.2, 0) is 0 Å². The summed E-state index contributed by atoms with van der Waals surface area (Å²) in [6.45, 7) is 0. The molecule has 0 amide bonds. The average molecular weight is 660 g/mol. The quantitative estimate of drug-likeness (QED) is 0.178. The molecule has 0 radical (unpaired) electrons. The van der Waals surface area contributed by atoms with E-state index in [0.717, 1.165) is 5.69 Å². The molecular weight excluding hydrogens is 631 g/mol. The van der Waals surface area contributed by atoms with Crippen LogP contribution in [0.3, 0.4) is 0 Å². The van der Waals surface area contributed by atoms with E-state index in [1.54, 1.807) is 0 Å². The zero-order chi connectivity index (χ0) is 32.3. The lowest BCUT2D eigenvalue weighted by molar-refractivity contribution is 1.32. The van der Waals surface area contributed by atoms with Gasteiger partial charge in [0.1, 0.15) is 0 Å². The molecule has 0 aliphatic carbocycles. The Balaban J connectivity index is 1.16. The molecule has 0 fully saturated rings. The van der Waals surface area contributed by atoms with E-state index in [1.165, 1.54) is 84.7 Å². The van der Waals surface area contributed by atoms with Gasteiger partial charge in [0, 0.05) is 46.0 Å². The van der Waals surface area contributed by atoms with Crippen molar-refractivity contribution in [2.24, 2.45) is 0 Å². The molecule has 10 rings (SSSR count). The molecule has 0 spiro atoms. The van der Waals surface area contributed by atoms with Crippen LogP contribution >= 0.6 is 22.7 Å². The number of benzene rings is 8. The highest BCUT2D eigenvalue weighted by Crippen LogP contribution is 2.49. The van der Waals surface area contributed by atoms with Gasteiger partial charge in [-0.3, -0.25) is 0 Å². The Morgan fingerprint density at radius 1 is 0.347 bits per heavy atom. The van der Waals surface area contributed by atoms with Crippen molar-refractivity contribution in [2.75, 3.05) is 4.90 Å². The highest BCUT2D eigenvalue weighted by atomic mass is 32.1. The fourth-order valence-electron chi connectivity index (χ4n) is 7.44. The molecule has 0 atom stereocenters. The van der Waals surface area contributed by atoms with Crippen molar-refractivity contribution >= 4 is 90.9 Å². The van der Waals surface area contributed by atoms with Gasteiger partial charge >= 0.3 is 0 Å². The summed E-state index contributed by atoms with van der Waals surface area (Å²) in [5.41, 5.74) is 8.43. The van der Waals surface area contributed by atoms with Gasteiger partial charge in [0.25, 0.3) is 0 Å². The Morgan fingerprint density at radius 3 is 1.53 bits per heavy atom. The van der Waals surface area contributed by atoms with Gasteiger partial charge in [0.05, 0.1) is 11.4 Å². The molecular formula is C46H29NS2. The Kier molecular flexibility index (Phi) is 6.61. The van der Waals surface area contributed by atoms with E-state index >= 15 is 0 Å². The number of anilines is 3. The number of rotatable bonds is 5. The molecule has 0 N–H and O–H groups in total. The van der Waals surface area contributed by atoms with Crippen LogP contribution in [-0.4, -0.2) is 0 Å². The summed E-state index contributed by atoms with van der Waals surface area (Å²) in [6, 6.07) is 64.4. The molecule has 2 heterocycles. The van der Waals surface area contributed by atoms with Gasteiger partial charge in [-0.2, -0.15) is 0 Å². The maximum Gasteiger partial charge on any atom is 0.0555 e. The molecule has 0 saturated heterocycles. The van der Waals surface area contributed by atoms with Gasteiger partial charge in [0.15, 0.2) is 0 Å². The minimum absolute atomic E-state index is 1.14. The molecule has 10 aromatic rings. The van der Waals surface area contributed by atoms with Crippen LogP contribution in [0.1, 0.15) is 0 Å². The molecule has 3 heteroatoms. The first kappa shape index (κ1) is 28.3. The van der Waals surface area contributed by atoms with Crippen LogP contribution in [0.2, 0.25) is 0 Å². The van der Waals surface area contributed by atoms with E-state index in [-0.39, 0.29) is 0 Å². The van der Waals surface area contributed by atoms with Gasteiger partial charge in [0.2, 0.25) is 0 Å². The predicted octanol–water partition coefficient (Wildman–Crippen LogP) is 14.4. The number of hydrogen-bond acceptors (Lipinski definition) is 3. The lowest BCUT2D eigenvalue weighted by Crippen LogP contribution is -2.10. The summed E-state index contributed by atoms with van der Waals surface area (Å²) in [5, 5.41) is 7.73. The fourth-order valence-corrected chi connectivity index (χ4v) is 9.69. The molecule has 8 aromatic carbocycles. The summed E-state index contributed by atoms with van der Waals surface area (Å²) in [6.07, 6.45) is 0. The smallest absolute Gasteiger partial charge is 0.0555 e. The molecule has 2 aromatic heterocycles. The standard InChI is InChI=1S/C46H29NS2/c1-2-15-35-31(11-1)12-8-18-36(35)33-14-7-13-32(29-33)30-25-27-34(28-26-30)47(39-19-9-23-43-45(39)37-16-3-5-21-41(37)48-43)40-20-10-24-44-46(40)38-17-4-6-22-42(38)49-44/h1-29H. The van der Waals surface area contributed by atoms with Crippen molar-refractivity contribution < 1.29 is 0 Å². The number of nitrogens with zero attached hydrogens (tertiary/aromatic N) is 1. The Morgan fingerprint density at radius 2 is 0.857 bits per heavy atom. The Labute approximate surface area is 292 Å². The Bertz CT molecular complexity index is 2720. The average Bonchev–Trinajstić information content (AvgIpc) is 3.74. The first-order valence-corrected chi connectivity index (χ1v) is 18.2. The maximum atomic E-state index is 2.49. The highest BCUT2D eigenvalue weighted by Gasteiger charge is 2.22. The topological polar surface area (TPSA) is 3.24 Å². The minimum atomic E-state index is 1.14. The van der Waals surface area contributed by atoms with E-state index in [9.17, 15) is 0 Å². The lowest BCUT2D eigenvalue weighted by atomic mass is 9.95. The van der Waals surface area contributed by atoms with Crippen molar-refractivity contribution in [3.63, 3.8) is 0 Å². The van der Waals surface area contributed by atoms with E-state index in [1.807, 2.05) is 22.7 Å². The first-order chi connectivity index (χ1) is 24.3. The molecule has 230 valence electrons. The van der Waals surface area contributed by atoms with E-state index in [2.05, 4.69) is 181 Å². The van der Waals surface area contributed by atoms with Crippen LogP contribution in [0.15, 0.2) is 176 Å². The largest absolute Gasteiger partial charge is 0.309 e. The van der Waals surface area contributed by atoms with Crippen LogP contribution in [0.4, 0.5) is 17.1 Å². The third-order valence-corrected chi connectivity index (χ3v) is 11.9. The summed E-state index contributed by atoms with van der Waals surface area (Å²) in [7, 11) is 0. The lowest BCUT2D eigenvalue weighted by Gasteiger charge is -2.27. The summed E-state index contributed by atoms with van der Waals surface area (Å²) in [4.78, 5) is 2.49. The van der Waals surface area contributed by atoms with Crippen molar-refractivity contribution in [3.8, 4) is 22.3 Å². The van der Waals surface area contributed by atoms with Crippen molar-refractivity contribution in [1.82, 2.24) is 0 Å². The second-order valence-corrected chi connectivity index (χ2v) is 14.7. The van der Waals surface area contributed by atoms with Crippen LogP contribution in [0, 0.1) is 0 Å². The first-order valence-electron chi connectivity index (χ1n) is 16.6. The Hall–Kier alpha value is -5.74. The van der Waals surface area contributed by atoms with Crippen LogP contribution < -0.4 is 4.90 Å². The van der Waals surface area contributed by atoms with Gasteiger partial charge < -0.3 is 4.90 Å². The zero-order valence-electron chi connectivity index (χ0n) is 26.5. The maximum absolute atomic E-state index is 2.49. The zero-order valence-corrected chi connectivity index (χ0v) is 28.1. The number of fused-ring (bicyclic) bond motifs is 7. The number of hydrogen-bond donors (Lipinski definition) is 0. The molecule has 0 unspecified atom stereocenters. The molecule has 1 nitrogen and oxygen atoms in total. The van der Waals surface area contributed by atoms with Gasteiger partial charge in [-0.25, -0.2) is 0 Å². The minimum Gasteiger partial charge on any atom is -0.309 e. The molecule has 0 aliphatic rings. The summed E-state index contributed by atoms with van der Waals surface area (Å²) >= 11 is 3.73. The van der Waals surface area contributed by atoms with E-state index in [0.29, 0.717) is 0 Å². The van der Waals surface area contributed by atoms with Crippen molar-refractivity contribution in [2.45, 2.75) is 0 Å². The third kappa shape index (κ3) is 4.66. The van der Waals surface area contributed by atoms with Gasteiger partial charge in [-0.05, 0) is 87.6 Å². The van der Waals surface area contributed by atoms with Gasteiger partial charge in [-0.15, -0.1) is 22.7 Å². The van der Waals surface area contributed by atoms with Crippen molar-refractivity contribution in [3.05, 3.63) is 176 Å². The highest BCUT2D eigenvalue weighted by molar-refractivity contribution is 7.26. The van der Waals surface area contributed by atoms with Crippen molar-refractivity contribution in [1.29, 1.82) is 0 Å². The molecule has 0 bridgehead atoms. The third-order valence-electron chi connectivity index (χ3n) is 9.66. The van der Waals surface area contributed by atoms with E-state index < -0.39 is 0 Å². The van der Waals surface area contributed by atoms with Crippen LogP contribution in [0.5, 0.6) is 0 Å². The molecule has 0 saturated carbocycles. The van der Waals surface area contributed by atoms with Crippen LogP contribution in [0.25, 0.3) is 73.4 Å². The second-order valence-electron chi connectivity index (χ2n) is 12.5. The second kappa shape index (κ2) is 11.5. The normalized spacial score (nSPS) is 11.7. The SMILES string of the molecule is c1cc(-c2ccc(N(c3cccc4sc5ccccc5c34)c3cccc4sc5ccccc5c34)cc2)cc(-c2cccc3ccccc23)c1. The predicted molar refractivity (Wildman–Crippen MR) is 215 cm³/mol.